The van der Waals surface area contributed by atoms with Gasteiger partial charge in [0, 0.05) is 6.07 Å². The van der Waals surface area contributed by atoms with E-state index in [9.17, 15) is 31.9 Å². The number of pyridine rings is 1. The van der Waals surface area contributed by atoms with Gasteiger partial charge in [0.2, 0.25) is 0 Å². The van der Waals surface area contributed by atoms with E-state index in [0.717, 1.165) is 18.2 Å². The number of nitrogens with two attached hydrogens (primary N) is 1. The van der Waals surface area contributed by atoms with Crippen molar-refractivity contribution < 1.29 is 31.9 Å². The Kier molecular flexibility index (Phi) is 3.93. The van der Waals surface area contributed by atoms with Gasteiger partial charge in [-0.1, -0.05) is 12.1 Å². The minimum atomic E-state index is -4.82. The first-order chi connectivity index (χ1) is 12.1. The van der Waals surface area contributed by atoms with Crippen molar-refractivity contribution in [1.29, 1.82) is 0 Å². The molecule has 0 fully saturated rings. The number of carbonyl (C=O) groups is 2. The number of hydrogen-bond donors (Lipinski definition) is 2. The van der Waals surface area contributed by atoms with Crippen molar-refractivity contribution in [3.63, 3.8) is 0 Å². The summed E-state index contributed by atoms with van der Waals surface area (Å²) in [6, 6.07) is 5.35. The summed E-state index contributed by atoms with van der Waals surface area (Å²) in [5.74, 6) is -3.01. The third-order valence-corrected chi connectivity index (χ3v) is 3.56. The van der Waals surface area contributed by atoms with Crippen LogP contribution >= 0.6 is 0 Å². The summed E-state index contributed by atoms with van der Waals surface area (Å²) in [6.07, 6.45) is -8.94. The summed E-state index contributed by atoms with van der Waals surface area (Å²) in [4.78, 5) is 35.7. The highest BCUT2D eigenvalue weighted by Gasteiger charge is 2.44. The molecule has 3 rings (SSSR count). The van der Waals surface area contributed by atoms with Gasteiger partial charge in [-0.2, -0.15) is 17.6 Å². The topological polar surface area (TPSA) is 103 Å². The number of alkyl halides is 4. The van der Waals surface area contributed by atoms with Crippen LogP contribution in [-0.4, -0.2) is 28.9 Å². The monoisotopic (exact) mass is 371 g/mol. The number of nitrogens with one attached hydrogen (secondary N) is 1. The van der Waals surface area contributed by atoms with Gasteiger partial charge in [0.25, 0.3) is 17.4 Å². The maximum Gasteiger partial charge on any atom is 0.461 e. The molecule has 1 aromatic heterocycles. The number of para-hydroxylation sites is 2. The fraction of sp³-hybridized carbons (Fsp3) is 0.133. The number of halogens is 4. The highest BCUT2D eigenvalue weighted by Crippen LogP contribution is 2.33. The SMILES string of the molecule is Nc1c2c(cc(=O)n1-c1ccccc1OC(F)(F)C(F)F)C(=O)NC2=O. The fourth-order valence-electron chi connectivity index (χ4n) is 2.45. The standard InChI is InChI=1S/C15H9F4N3O4/c16-14(17)15(18,19)26-8-4-2-1-3-7(8)22-9(23)5-6-10(11(22)20)13(25)21-12(6)24/h1-5,14H,20H2,(H,21,24,25). The van der Waals surface area contributed by atoms with Gasteiger partial charge < -0.3 is 10.5 Å². The molecular formula is C15H9F4N3O4. The smallest absolute Gasteiger partial charge is 0.426 e. The van der Waals surface area contributed by atoms with Gasteiger partial charge in [-0.3, -0.25) is 24.3 Å². The van der Waals surface area contributed by atoms with Crippen molar-refractivity contribution in [2.45, 2.75) is 12.5 Å². The van der Waals surface area contributed by atoms with Crippen LogP contribution in [0.5, 0.6) is 5.75 Å². The highest BCUT2D eigenvalue weighted by molar-refractivity contribution is 6.23. The van der Waals surface area contributed by atoms with Crippen LogP contribution in [0.3, 0.4) is 0 Å². The molecule has 2 aromatic rings. The molecule has 136 valence electrons. The number of nitrogen functional groups attached to an aromatic ring is 1. The molecule has 0 saturated carbocycles. The van der Waals surface area contributed by atoms with E-state index in [0.29, 0.717) is 4.57 Å². The van der Waals surface area contributed by atoms with Gasteiger partial charge in [-0.25, -0.2) is 0 Å². The number of anilines is 1. The van der Waals surface area contributed by atoms with Crippen molar-refractivity contribution in [1.82, 2.24) is 9.88 Å². The molecule has 0 unspecified atom stereocenters. The largest absolute Gasteiger partial charge is 0.461 e. The third kappa shape index (κ3) is 2.66. The summed E-state index contributed by atoms with van der Waals surface area (Å²) < 4.78 is 56.0. The van der Waals surface area contributed by atoms with Crippen LogP contribution in [0.2, 0.25) is 0 Å². The van der Waals surface area contributed by atoms with Crippen molar-refractivity contribution >= 4 is 17.6 Å². The molecule has 1 aliphatic heterocycles. The quantitative estimate of drug-likeness (QED) is 0.627. The lowest BCUT2D eigenvalue weighted by Crippen LogP contribution is -2.34. The van der Waals surface area contributed by atoms with E-state index in [-0.39, 0.29) is 11.1 Å². The Morgan fingerprint density at radius 1 is 1.12 bits per heavy atom. The maximum absolute atomic E-state index is 13.3. The molecule has 1 aliphatic rings. The Morgan fingerprint density at radius 2 is 1.77 bits per heavy atom. The first kappa shape index (κ1) is 17.5. The molecular weight excluding hydrogens is 362 g/mol. The molecule has 1 aromatic carbocycles. The van der Waals surface area contributed by atoms with E-state index in [4.69, 9.17) is 5.73 Å². The van der Waals surface area contributed by atoms with Crippen molar-refractivity contribution in [3.8, 4) is 11.4 Å². The second kappa shape index (κ2) is 5.86. The summed E-state index contributed by atoms with van der Waals surface area (Å²) in [6.45, 7) is 0. The van der Waals surface area contributed by atoms with E-state index in [2.05, 4.69) is 4.74 Å². The van der Waals surface area contributed by atoms with E-state index in [1.54, 1.807) is 0 Å². The molecule has 0 aliphatic carbocycles. The molecule has 11 heteroatoms. The van der Waals surface area contributed by atoms with Crippen LogP contribution < -0.4 is 21.3 Å². The van der Waals surface area contributed by atoms with Gasteiger partial charge in [-0.05, 0) is 12.1 Å². The van der Waals surface area contributed by atoms with E-state index >= 15 is 0 Å². The molecule has 0 saturated heterocycles. The number of aromatic nitrogens is 1. The number of imide groups is 1. The van der Waals surface area contributed by atoms with Crippen molar-refractivity contribution in [3.05, 3.63) is 51.8 Å². The summed E-state index contributed by atoms with van der Waals surface area (Å²) >= 11 is 0. The Hall–Kier alpha value is -3.37. The Labute approximate surface area is 142 Å². The lowest BCUT2D eigenvalue weighted by molar-refractivity contribution is -0.253. The number of fused-ring (bicyclic) bond motifs is 1. The molecule has 3 N–H and O–H groups in total. The molecule has 26 heavy (non-hydrogen) atoms. The second-order valence-electron chi connectivity index (χ2n) is 5.21. The fourth-order valence-corrected chi connectivity index (χ4v) is 2.45. The molecule has 0 atom stereocenters. The van der Waals surface area contributed by atoms with Crippen LogP contribution in [0.1, 0.15) is 20.7 Å². The molecule has 2 heterocycles. The number of rotatable bonds is 4. The van der Waals surface area contributed by atoms with E-state index in [1.165, 1.54) is 12.1 Å². The first-order valence-electron chi connectivity index (χ1n) is 6.99. The molecule has 0 bridgehead atoms. The maximum atomic E-state index is 13.3. The number of carbonyl (C=O) groups excluding carboxylic acids is 2. The van der Waals surface area contributed by atoms with Crippen LogP contribution in [-0.2, 0) is 0 Å². The zero-order valence-corrected chi connectivity index (χ0v) is 12.6. The Morgan fingerprint density at radius 3 is 2.42 bits per heavy atom. The van der Waals surface area contributed by atoms with Crippen LogP contribution in [0.4, 0.5) is 23.4 Å². The van der Waals surface area contributed by atoms with E-state index < -0.39 is 47.2 Å². The minimum absolute atomic E-state index is 0.273. The average molecular weight is 371 g/mol. The summed E-state index contributed by atoms with van der Waals surface area (Å²) in [7, 11) is 0. The Bertz CT molecular complexity index is 987. The molecule has 0 spiro atoms. The average Bonchev–Trinajstić information content (AvgIpc) is 2.82. The second-order valence-corrected chi connectivity index (χ2v) is 5.21. The number of nitrogens with zero attached hydrogens (tertiary/aromatic N) is 1. The third-order valence-electron chi connectivity index (χ3n) is 3.56. The minimum Gasteiger partial charge on any atom is -0.426 e. The Balaban J connectivity index is 2.21. The zero-order valence-electron chi connectivity index (χ0n) is 12.6. The first-order valence-corrected chi connectivity index (χ1v) is 6.99. The van der Waals surface area contributed by atoms with Crippen LogP contribution in [0.15, 0.2) is 35.1 Å². The van der Waals surface area contributed by atoms with E-state index in [1.807, 2.05) is 5.32 Å². The molecule has 2 amide bonds. The normalized spacial score (nSPS) is 13.7. The molecule has 7 nitrogen and oxygen atoms in total. The molecule has 0 radical (unpaired) electrons. The lowest BCUT2D eigenvalue weighted by Gasteiger charge is -2.20. The summed E-state index contributed by atoms with van der Waals surface area (Å²) in [5, 5.41) is 1.94. The predicted octanol–water partition coefficient (Wildman–Crippen LogP) is 1.54. The van der Waals surface area contributed by atoms with Crippen LogP contribution in [0, 0.1) is 0 Å². The number of benzene rings is 1. The van der Waals surface area contributed by atoms with Crippen molar-refractivity contribution in [2.24, 2.45) is 0 Å². The summed E-state index contributed by atoms with van der Waals surface area (Å²) in [5.41, 5.74) is 3.83. The zero-order chi connectivity index (χ0) is 19.2. The van der Waals surface area contributed by atoms with Crippen LogP contribution in [0.25, 0.3) is 5.69 Å². The van der Waals surface area contributed by atoms with Gasteiger partial charge in [0.15, 0.2) is 5.75 Å². The number of amides is 2. The van der Waals surface area contributed by atoms with Gasteiger partial charge in [0.05, 0.1) is 16.8 Å². The van der Waals surface area contributed by atoms with Crippen molar-refractivity contribution in [2.75, 3.05) is 5.73 Å². The lowest BCUT2D eigenvalue weighted by atomic mass is 10.1. The van der Waals surface area contributed by atoms with Gasteiger partial charge >= 0.3 is 12.5 Å². The predicted molar refractivity (Wildman–Crippen MR) is 79.8 cm³/mol. The van der Waals surface area contributed by atoms with Gasteiger partial charge in [0.1, 0.15) is 5.82 Å². The number of hydrogen-bond acceptors (Lipinski definition) is 5. The van der Waals surface area contributed by atoms with Gasteiger partial charge in [-0.15, -0.1) is 0 Å². The highest BCUT2D eigenvalue weighted by atomic mass is 19.3. The number of ether oxygens (including phenoxy) is 1.